The van der Waals surface area contributed by atoms with E-state index in [4.69, 9.17) is 0 Å². The van der Waals surface area contributed by atoms with Gasteiger partial charge in [-0.15, -0.1) is 0 Å². The fourth-order valence-electron chi connectivity index (χ4n) is 2.68. The molecule has 1 saturated carbocycles. The number of carbonyl (C=O) groups excluding carboxylic acids is 2. The van der Waals surface area contributed by atoms with Crippen LogP contribution in [0.2, 0.25) is 0 Å². The monoisotopic (exact) mass is 309 g/mol. The number of benzene rings is 1. The van der Waals surface area contributed by atoms with Crippen molar-refractivity contribution in [3.8, 4) is 0 Å². The summed E-state index contributed by atoms with van der Waals surface area (Å²) in [6, 6.07) is 1.74. The average molecular weight is 309 g/mol. The van der Waals surface area contributed by atoms with Crippen LogP contribution in [-0.4, -0.2) is 31.1 Å². The lowest BCUT2D eigenvalue weighted by atomic mass is 10.0. The van der Waals surface area contributed by atoms with Crippen molar-refractivity contribution in [2.45, 2.75) is 31.7 Å². The Morgan fingerprint density at radius 3 is 2.77 bits per heavy atom. The van der Waals surface area contributed by atoms with Gasteiger partial charge >= 0.3 is 6.03 Å². The van der Waals surface area contributed by atoms with Crippen LogP contribution in [0.5, 0.6) is 0 Å². The molecule has 0 bridgehead atoms. The number of halogens is 2. The molecule has 1 aliphatic heterocycles. The van der Waals surface area contributed by atoms with Gasteiger partial charge in [-0.3, -0.25) is 10.1 Å². The van der Waals surface area contributed by atoms with Gasteiger partial charge in [-0.05, 0) is 37.3 Å². The maximum atomic E-state index is 14.0. The summed E-state index contributed by atoms with van der Waals surface area (Å²) in [5.41, 5.74) is 0.810. The van der Waals surface area contributed by atoms with E-state index < -0.39 is 23.6 Å². The number of fused-ring (bicyclic) bond motifs is 1. The molecule has 1 aliphatic carbocycles. The van der Waals surface area contributed by atoms with E-state index in [9.17, 15) is 18.4 Å². The summed E-state index contributed by atoms with van der Waals surface area (Å²) < 4.78 is 27.2. The lowest BCUT2D eigenvalue weighted by molar-refractivity contribution is -0.118. The van der Waals surface area contributed by atoms with Crippen LogP contribution in [0.25, 0.3) is 0 Å². The van der Waals surface area contributed by atoms with Crippen LogP contribution >= 0.6 is 0 Å². The third-order valence-electron chi connectivity index (χ3n) is 3.80. The van der Waals surface area contributed by atoms with Gasteiger partial charge in [0.2, 0.25) is 5.91 Å². The molecule has 0 atom stereocenters. The van der Waals surface area contributed by atoms with E-state index in [0.29, 0.717) is 24.9 Å². The van der Waals surface area contributed by atoms with E-state index in [2.05, 4.69) is 10.6 Å². The Balaban J connectivity index is 1.66. The Labute approximate surface area is 126 Å². The largest absolute Gasteiger partial charge is 0.360 e. The van der Waals surface area contributed by atoms with E-state index in [-0.39, 0.29) is 18.3 Å². The second kappa shape index (κ2) is 5.90. The Morgan fingerprint density at radius 1 is 1.27 bits per heavy atom. The minimum Gasteiger partial charge on any atom is -0.360 e. The fourth-order valence-corrected chi connectivity index (χ4v) is 2.68. The third kappa shape index (κ3) is 3.35. The molecule has 5 nitrogen and oxygen atoms in total. The summed E-state index contributed by atoms with van der Waals surface area (Å²) in [5, 5.41) is 4.88. The Hall–Kier alpha value is -2.18. The van der Waals surface area contributed by atoms with Crippen molar-refractivity contribution >= 4 is 17.6 Å². The van der Waals surface area contributed by atoms with E-state index in [1.807, 2.05) is 0 Å². The Morgan fingerprint density at radius 2 is 2.05 bits per heavy atom. The molecule has 0 unspecified atom stereocenters. The number of amides is 3. The molecule has 0 radical (unpaired) electrons. The molecular weight excluding hydrogens is 292 g/mol. The van der Waals surface area contributed by atoms with E-state index in [1.165, 1.54) is 6.07 Å². The second-order valence-corrected chi connectivity index (χ2v) is 5.72. The van der Waals surface area contributed by atoms with Crippen molar-refractivity contribution in [2.24, 2.45) is 0 Å². The van der Waals surface area contributed by atoms with E-state index in [0.717, 1.165) is 18.9 Å². The number of aryl methyl sites for hydroxylation is 1. The fraction of sp³-hybridized carbons (Fsp3) is 0.467. The van der Waals surface area contributed by atoms with Gasteiger partial charge in [0.25, 0.3) is 0 Å². The van der Waals surface area contributed by atoms with Gasteiger partial charge in [-0.2, -0.15) is 0 Å². The van der Waals surface area contributed by atoms with E-state index >= 15 is 0 Å². The molecule has 3 rings (SSSR count). The lowest BCUT2D eigenvalue weighted by Crippen LogP contribution is -2.46. The number of urea groups is 1. The SMILES string of the molecule is O=C(CN1CCCc2cc(F)cc(F)c21)NC(=O)NC1CC1. The quantitative estimate of drug-likeness (QED) is 0.893. The normalized spacial score (nSPS) is 16.9. The highest BCUT2D eigenvalue weighted by atomic mass is 19.1. The number of nitrogens with one attached hydrogen (secondary N) is 2. The highest BCUT2D eigenvalue weighted by Crippen LogP contribution is 2.30. The van der Waals surface area contributed by atoms with Crippen LogP contribution in [0.4, 0.5) is 19.3 Å². The molecule has 0 saturated heterocycles. The molecule has 2 N–H and O–H groups in total. The van der Waals surface area contributed by atoms with Gasteiger partial charge in [0.15, 0.2) is 0 Å². The summed E-state index contributed by atoms with van der Waals surface area (Å²) >= 11 is 0. The summed E-state index contributed by atoms with van der Waals surface area (Å²) in [6.45, 7) is 0.362. The number of hydrogen-bond donors (Lipinski definition) is 2. The predicted molar refractivity (Wildman–Crippen MR) is 76.6 cm³/mol. The zero-order chi connectivity index (χ0) is 15.7. The number of rotatable bonds is 3. The first-order chi connectivity index (χ1) is 10.5. The molecular formula is C15H17F2N3O2. The van der Waals surface area contributed by atoms with Crippen molar-refractivity contribution in [2.75, 3.05) is 18.0 Å². The molecule has 22 heavy (non-hydrogen) atoms. The van der Waals surface area contributed by atoms with Gasteiger partial charge in [-0.1, -0.05) is 0 Å². The topological polar surface area (TPSA) is 61.4 Å². The highest BCUT2D eigenvalue weighted by molar-refractivity contribution is 5.96. The average Bonchev–Trinajstić information content (AvgIpc) is 3.21. The number of nitrogens with zero attached hydrogens (tertiary/aromatic N) is 1. The number of anilines is 1. The Bertz CT molecular complexity index is 617. The molecule has 1 aromatic carbocycles. The Kier molecular flexibility index (Phi) is 3.96. The molecule has 1 fully saturated rings. The maximum absolute atomic E-state index is 14.0. The number of hydrogen-bond acceptors (Lipinski definition) is 3. The minimum atomic E-state index is -0.676. The van der Waals surface area contributed by atoms with Gasteiger partial charge in [-0.25, -0.2) is 13.6 Å². The molecule has 7 heteroatoms. The zero-order valence-corrected chi connectivity index (χ0v) is 12.0. The van der Waals surface area contributed by atoms with Gasteiger partial charge in [0.1, 0.15) is 11.6 Å². The van der Waals surface area contributed by atoms with Crippen LogP contribution in [0.1, 0.15) is 24.8 Å². The maximum Gasteiger partial charge on any atom is 0.321 e. The highest BCUT2D eigenvalue weighted by Gasteiger charge is 2.26. The van der Waals surface area contributed by atoms with Crippen molar-refractivity contribution < 1.29 is 18.4 Å². The van der Waals surface area contributed by atoms with Gasteiger partial charge in [0.05, 0.1) is 12.2 Å². The second-order valence-electron chi connectivity index (χ2n) is 5.72. The summed E-state index contributed by atoms with van der Waals surface area (Å²) in [6.07, 6.45) is 3.14. The first-order valence-electron chi connectivity index (χ1n) is 7.36. The molecule has 0 spiro atoms. The lowest BCUT2D eigenvalue weighted by Gasteiger charge is -2.31. The first-order valence-corrected chi connectivity index (χ1v) is 7.36. The van der Waals surface area contributed by atoms with Crippen LogP contribution in [0.15, 0.2) is 12.1 Å². The molecule has 0 aromatic heterocycles. The summed E-state index contributed by atoms with van der Waals surface area (Å²) in [4.78, 5) is 25.0. The summed E-state index contributed by atoms with van der Waals surface area (Å²) in [7, 11) is 0. The summed E-state index contributed by atoms with van der Waals surface area (Å²) in [5.74, 6) is -1.80. The molecule has 2 aliphatic rings. The molecule has 118 valence electrons. The minimum absolute atomic E-state index is 0.131. The third-order valence-corrected chi connectivity index (χ3v) is 3.80. The van der Waals surface area contributed by atoms with Gasteiger partial charge in [0, 0.05) is 18.7 Å². The first kappa shape index (κ1) is 14.7. The van der Waals surface area contributed by atoms with Gasteiger partial charge < -0.3 is 10.2 Å². The molecule has 1 heterocycles. The van der Waals surface area contributed by atoms with Crippen LogP contribution in [0.3, 0.4) is 0 Å². The smallest absolute Gasteiger partial charge is 0.321 e. The zero-order valence-electron chi connectivity index (χ0n) is 12.0. The van der Waals surface area contributed by atoms with Crippen molar-refractivity contribution in [1.29, 1.82) is 0 Å². The molecule has 3 amide bonds. The van der Waals surface area contributed by atoms with Crippen LogP contribution < -0.4 is 15.5 Å². The van der Waals surface area contributed by atoms with Crippen LogP contribution in [-0.2, 0) is 11.2 Å². The predicted octanol–water partition coefficient (Wildman–Crippen LogP) is 1.71. The van der Waals surface area contributed by atoms with E-state index in [1.54, 1.807) is 4.90 Å². The van der Waals surface area contributed by atoms with Crippen molar-refractivity contribution in [1.82, 2.24) is 10.6 Å². The number of imide groups is 1. The van der Waals surface area contributed by atoms with Crippen molar-refractivity contribution in [3.63, 3.8) is 0 Å². The van der Waals surface area contributed by atoms with Crippen molar-refractivity contribution in [3.05, 3.63) is 29.3 Å². The standard InChI is InChI=1S/C15H17F2N3O2/c16-10-6-9-2-1-5-20(14(9)12(17)7-10)8-13(21)19-15(22)18-11-3-4-11/h6-7,11H,1-5,8H2,(H2,18,19,21,22). The van der Waals surface area contributed by atoms with Crippen LogP contribution in [0, 0.1) is 11.6 Å². The molecule has 1 aromatic rings. The number of carbonyl (C=O) groups is 2.